The molecule has 1 saturated heterocycles. The third-order valence-corrected chi connectivity index (χ3v) is 6.01. The quantitative estimate of drug-likeness (QED) is 0.790. The molecular weight excluding hydrogens is 350 g/mol. The standard InChI is InChI=1S/C23H31N3O2/c1-26(19-7-9-24-10-8-19)15-16-6-11-25-21(12-16)18-13-20(17-4-5-17)23(28-3)22(14-18)27-2/h6,11-14,17,19,24H,4-5,7-10,15H2,1-3H3. The van der Waals surface area contributed by atoms with Gasteiger partial charge in [-0.15, -0.1) is 0 Å². The second-order valence-corrected chi connectivity index (χ2v) is 8.02. The van der Waals surface area contributed by atoms with Crippen LogP contribution in [0.2, 0.25) is 0 Å². The van der Waals surface area contributed by atoms with Crippen molar-refractivity contribution >= 4 is 0 Å². The zero-order valence-corrected chi connectivity index (χ0v) is 17.2. The lowest BCUT2D eigenvalue weighted by atomic mass is 10.0. The van der Waals surface area contributed by atoms with E-state index in [9.17, 15) is 0 Å². The molecule has 1 aromatic heterocycles. The third kappa shape index (κ3) is 4.15. The minimum Gasteiger partial charge on any atom is -0.493 e. The molecule has 0 unspecified atom stereocenters. The molecule has 1 aromatic carbocycles. The van der Waals surface area contributed by atoms with Crippen LogP contribution in [0.1, 0.15) is 42.7 Å². The molecule has 5 heteroatoms. The van der Waals surface area contributed by atoms with Crippen molar-refractivity contribution in [1.29, 1.82) is 0 Å². The van der Waals surface area contributed by atoms with E-state index >= 15 is 0 Å². The molecule has 5 nitrogen and oxygen atoms in total. The summed E-state index contributed by atoms with van der Waals surface area (Å²) >= 11 is 0. The van der Waals surface area contributed by atoms with Gasteiger partial charge < -0.3 is 14.8 Å². The lowest BCUT2D eigenvalue weighted by molar-refractivity contribution is 0.192. The highest BCUT2D eigenvalue weighted by Gasteiger charge is 2.29. The van der Waals surface area contributed by atoms with Crippen LogP contribution in [0.3, 0.4) is 0 Å². The molecule has 2 heterocycles. The Morgan fingerprint density at radius 2 is 1.86 bits per heavy atom. The summed E-state index contributed by atoms with van der Waals surface area (Å²) in [5.41, 5.74) is 4.65. The second kappa shape index (κ2) is 8.50. The van der Waals surface area contributed by atoms with E-state index in [1.807, 2.05) is 12.3 Å². The second-order valence-electron chi connectivity index (χ2n) is 8.02. The van der Waals surface area contributed by atoms with Gasteiger partial charge in [-0.3, -0.25) is 9.88 Å². The number of methoxy groups -OCH3 is 2. The Morgan fingerprint density at radius 3 is 2.54 bits per heavy atom. The van der Waals surface area contributed by atoms with E-state index in [0.717, 1.165) is 42.4 Å². The Kier molecular flexibility index (Phi) is 5.83. The maximum Gasteiger partial charge on any atom is 0.164 e. The molecule has 2 aromatic rings. The predicted molar refractivity (Wildman–Crippen MR) is 112 cm³/mol. The lowest BCUT2D eigenvalue weighted by Crippen LogP contribution is -2.40. The Bertz CT molecular complexity index is 813. The number of pyridine rings is 1. The van der Waals surface area contributed by atoms with Gasteiger partial charge in [-0.25, -0.2) is 0 Å². The molecule has 2 fully saturated rings. The Hall–Kier alpha value is -2.11. The first-order valence-electron chi connectivity index (χ1n) is 10.3. The zero-order valence-electron chi connectivity index (χ0n) is 17.2. The molecule has 4 rings (SSSR count). The number of hydrogen-bond acceptors (Lipinski definition) is 5. The van der Waals surface area contributed by atoms with Gasteiger partial charge in [0, 0.05) is 29.9 Å². The SMILES string of the molecule is COc1cc(-c2cc(CN(C)C3CCNCC3)ccn2)cc(C2CC2)c1OC. The number of rotatable bonds is 7. The van der Waals surface area contributed by atoms with Crippen LogP contribution < -0.4 is 14.8 Å². The largest absolute Gasteiger partial charge is 0.493 e. The molecule has 28 heavy (non-hydrogen) atoms. The van der Waals surface area contributed by atoms with Crippen LogP contribution in [0.5, 0.6) is 11.5 Å². The molecule has 1 N–H and O–H groups in total. The van der Waals surface area contributed by atoms with Crippen molar-refractivity contribution in [2.45, 2.75) is 44.2 Å². The minimum atomic E-state index is 0.582. The van der Waals surface area contributed by atoms with Gasteiger partial charge in [0.2, 0.25) is 0 Å². The average Bonchev–Trinajstić information content (AvgIpc) is 3.59. The van der Waals surface area contributed by atoms with Gasteiger partial charge in [0.15, 0.2) is 11.5 Å². The first-order valence-corrected chi connectivity index (χ1v) is 10.3. The fourth-order valence-electron chi connectivity index (χ4n) is 4.23. The van der Waals surface area contributed by atoms with Gasteiger partial charge in [-0.05, 0) is 81.6 Å². The van der Waals surface area contributed by atoms with Gasteiger partial charge in [0.05, 0.1) is 19.9 Å². The topological polar surface area (TPSA) is 46.6 Å². The fourth-order valence-corrected chi connectivity index (χ4v) is 4.23. The van der Waals surface area contributed by atoms with Crippen molar-refractivity contribution in [2.24, 2.45) is 0 Å². The van der Waals surface area contributed by atoms with Crippen molar-refractivity contribution in [2.75, 3.05) is 34.4 Å². The number of aromatic nitrogens is 1. The number of ether oxygens (including phenoxy) is 2. The Morgan fingerprint density at radius 1 is 1.07 bits per heavy atom. The average molecular weight is 382 g/mol. The summed E-state index contributed by atoms with van der Waals surface area (Å²) in [6, 6.07) is 9.29. The number of hydrogen-bond donors (Lipinski definition) is 1. The molecule has 0 spiro atoms. The highest BCUT2D eigenvalue weighted by molar-refractivity contribution is 5.68. The highest BCUT2D eigenvalue weighted by atomic mass is 16.5. The van der Waals surface area contributed by atoms with E-state index in [0.29, 0.717) is 12.0 Å². The molecule has 0 bridgehead atoms. The summed E-state index contributed by atoms with van der Waals surface area (Å²) in [6.45, 7) is 3.18. The zero-order chi connectivity index (χ0) is 19.5. The predicted octanol–water partition coefficient (Wildman–Crippen LogP) is 3.83. The summed E-state index contributed by atoms with van der Waals surface area (Å²) in [7, 11) is 5.66. The Labute approximate surface area is 168 Å². The summed E-state index contributed by atoms with van der Waals surface area (Å²) in [5.74, 6) is 2.24. The summed E-state index contributed by atoms with van der Waals surface area (Å²) in [4.78, 5) is 7.13. The first kappa shape index (κ1) is 19.2. The summed E-state index contributed by atoms with van der Waals surface area (Å²) < 4.78 is 11.3. The molecular formula is C23H31N3O2. The number of benzene rings is 1. The van der Waals surface area contributed by atoms with Crippen LogP contribution in [0, 0.1) is 0 Å². The van der Waals surface area contributed by atoms with Crippen molar-refractivity contribution in [3.8, 4) is 22.8 Å². The molecule has 0 amide bonds. The van der Waals surface area contributed by atoms with Crippen LogP contribution >= 0.6 is 0 Å². The lowest BCUT2D eigenvalue weighted by Gasteiger charge is -2.31. The van der Waals surface area contributed by atoms with Crippen molar-refractivity contribution < 1.29 is 9.47 Å². The smallest absolute Gasteiger partial charge is 0.164 e. The normalized spacial score (nSPS) is 17.7. The van der Waals surface area contributed by atoms with Crippen LogP contribution in [0.15, 0.2) is 30.5 Å². The maximum atomic E-state index is 5.65. The first-order chi connectivity index (χ1) is 13.7. The van der Waals surface area contributed by atoms with Crippen LogP contribution in [0.25, 0.3) is 11.3 Å². The fraction of sp³-hybridized carbons (Fsp3) is 0.522. The highest BCUT2D eigenvalue weighted by Crippen LogP contribution is 2.49. The van der Waals surface area contributed by atoms with Crippen LogP contribution in [-0.2, 0) is 6.54 Å². The summed E-state index contributed by atoms with van der Waals surface area (Å²) in [5, 5.41) is 3.44. The van der Waals surface area contributed by atoms with E-state index < -0.39 is 0 Å². The molecule has 2 aliphatic rings. The van der Waals surface area contributed by atoms with Gasteiger partial charge >= 0.3 is 0 Å². The molecule has 0 radical (unpaired) electrons. The number of nitrogens with zero attached hydrogens (tertiary/aromatic N) is 2. The van der Waals surface area contributed by atoms with Crippen LogP contribution in [0.4, 0.5) is 0 Å². The third-order valence-electron chi connectivity index (χ3n) is 6.01. The molecule has 0 atom stereocenters. The molecule has 1 saturated carbocycles. The van der Waals surface area contributed by atoms with E-state index in [-0.39, 0.29) is 0 Å². The maximum absolute atomic E-state index is 5.65. The van der Waals surface area contributed by atoms with Crippen molar-refractivity contribution in [1.82, 2.24) is 15.2 Å². The van der Waals surface area contributed by atoms with E-state index in [4.69, 9.17) is 9.47 Å². The van der Waals surface area contributed by atoms with E-state index in [1.165, 1.54) is 36.8 Å². The number of nitrogens with one attached hydrogen (secondary N) is 1. The number of piperidine rings is 1. The van der Waals surface area contributed by atoms with Gasteiger partial charge in [-0.1, -0.05) is 0 Å². The Balaban J connectivity index is 1.59. The van der Waals surface area contributed by atoms with Gasteiger partial charge in [0.25, 0.3) is 0 Å². The monoisotopic (exact) mass is 381 g/mol. The van der Waals surface area contributed by atoms with Crippen LogP contribution in [-0.4, -0.2) is 50.3 Å². The molecule has 1 aliphatic heterocycles. The van der Waals surface area contributed by atoms with E-state index in [2.05, 4.69) is 40.4 Å². The van der Waals surface area contributed by atoms with Gasteiger partial charge in [0.1, 0.15) is 0 Å². The molecule has 1 aliphatic carbocycles. The minimum absolute atomic E-state index is 0.582. The van der Waals surface area contributed by atoms with Crippen molar-refractivity contribution in [3.05, 3.63) is 41.6 Å². The molecule has 150 valence electrons. The summed E-state index contributed by atoms with van der Waals surface area (Å²) in [6.07, 6.45) is 6.80. The van der Waals surface area contributed by atoms with Crippen molar-refractivity contribution in [3.63, 3.8) is 0 Å². The van der Waals surface area contributed by atoms with E-state index in [1.54, 1.807) is 14.2 Å². The van der Waals surface area contributed by atoms with Gasteiger partial charge in [-0.2, -0.15) is 0 Å².